The summed E-state index contributed by atoms with van der Waals surface area (Å²) in [5.74, 6) is -0.423. The zero-order valence-corrected chi connectivity index (χ0v) is 11.9. The molecule has 1 aromatic carbocycles. The van der Waals surface area contributed by atoms with E-state index in [-0.39, 0.29) is 11.3 Å². The van der Waals surface area contributed by atoms with Gasteiger partial charge in [-0.05, 0) is 26.0 Å². The van der Waals surface area contributed by atoms with Crippen molar-refractivity contribution >= 4 is 23.0 Å². The van der Waals surface area contributed by atoms with Crippen molar-refractivity contribution in [2.24, 2.45) is 0 Å². The Morgan fingerprint density at radius 1 is 1.38 bits per heavy atom. The third kappa shape index (κ3) is 2.83. The van der Waals surface area contributed by atoms with Gasteiger partial charge in [-0.1, -0.05) is 0 Å². The number of nitro groups is 1. The lowest BCUT2D eigenvalue weighted by molar-refractivity contribution is -0.384. The molecule has 1 aromatic heterocycles. The van der Waals surface area contributed by atoms with Crippen molar-refractivity contribution in [2.75, 3.05) is 17.7 Å². The van der Waals surface area contributed by atoms with Crippen molar-refractivity contribution in [3.05, 3.63) is 45.3 Å². The molecule has 0 fully saturated rings. The number of aromatic amines is 1. The van der Waals surface area contributed by atoms with Gasteiger partial charge < -0.3 is 10.6 Å². The first-order chi connectivity index (χ1) is 9.93. The predicted octanol–water partition coefficient (Wildman–Crippen LogP) is 2.23. The Bertz CT molecular complexity index is 688. The van der Waals surface area contributed by atoms with Gasteiger partial charge in [-0.3, -0.25) is 20.0 Å². The van der Waals surface area contributed by atoms with Crippen LogP contribution in [0.25, 0.3) is 0 Å². The topological polar surface area (TPSA) is 113 Å². The van der Waals surface area contributed by atoms with Gasteiger partial charge in [0, 0.05) is 18.7 Å². The van der Waals surface area contributed by atoms with Crippen LogP contribution in [0.4, 0.5) is 17.1 Å². The first-order valence-corrected chi connectivity index (χ1v) is 6.23. The van der Waals surface area contributed by atoms with E-state index < -0.39 is 10.8 Å². The summed E-state index contributed by atoms with van der Waals surface area (Å²) in [6.45, 7) is 3.54. The summed E-state index contributed by atoms with van der Waals surface area (Å²) in [7, 11) is 1.58. The van der Waals surface area contributed by atoms with Gasteiger partial charge in [0.1, 0.15) is 5.69 Å². The number of nitrogens with zero attached hydrogens (tertiary/aromatic N) is 2. The van der Waals surface area contributed by atoms with Crippen LogP contribution < -0.4 is 10.6 Å². The first kappa shape index (κ1) is 14.5. The number of carbonyl (C=O) groups excluding carboxylic acids is 1. The van der Waals surface area contributed by atoms with Gasteiger partial charge in [0.05, 0.1) is 22.0 Å². The number of carbonyl (C=O) groups is 1. The van der Waals surface area contributed by atoms with Crippen LogP contribution in [0.3, 0.4) is 0 Å². The van der Waals surface area contributed by atoms with E-state index in [1.165, 1.54) is 18.2 Å². The molecule has 8 nitrogen and oxygen atoms in total. The van der Waals surface area contributed by atoms with Crippen LogP contribution in [0.1, 0.15) is 21.7 Å². The molecule has 0 saturated heterocycles. The summed E-state index contributed by atoms with van der Waals surface area (Å²) in [5.41, 5.74) is 2.38. The molecular formula is C13H15N5O3. The number of benzene rings is 1. The molecule has 0 unspecified atom stereocenters. The lowest BCUT2D eigenvalue weighted by Crippen LogP contribution is -2.13. The molecule has 0 bridgehead atoms. The predicted molar refractivity (Wildman–Crippen MR) is 78.7 cm³/mol. The molecule has 3 N–H and O–H groups in total. The van der Waals surface area contributed by atoms with Crippen molar-refractivity contribution in [3.8, 4) is 0 Å². The first-order valence-electron chi connectivity index (χ1n) is 6.23. The van der Waals surface area contributed by atoms with Gasteiger partial charge in [0.2, 0.25) is 0 Å². The fraction of sp³-hybridized carbons (Fsp3) is 0.231. The van der Waals surface area contributed by atoms with Gasteiger partial charge >= 0.3 is 0 Å². The maximum atomic E-state index is 12.2. The molecule has 1 heterocycles. The average molecular weight is 289 g/mol. The largest absolute Gasteiger partial charge is 0.383 e. The number of hydrogen-bond acceptors (Lipinski definition) is 5. The normalized spacial score (nSPS) is 10.2. The summed E-state index contributed by atoms with van der Waals surface area (Å²) in [6, 6.07) is 4.27. The van der Waals surface area contributed by atoms with Crippen LogP contribution in [0.15, 0.2) is 18.2 Å². The van der Waals surface area contributed by atoms with Gasteiger partial charge in [0.25, 0.3) is 11.6 Å². The number of aryl methyl sites for hydroxylation is 2. The molecule has 0 atom stereocenters. The number of anilines is 2. The Hall–Kier alpha value is -2.90. The van der Waals surface area contributed by atoms with Crippen LogP contribution in [0, 0.1) is 24.0 Å². The van der Waals surface area contributed by atoms with Gasteiger partial charge in [-0.2, -0.15) is 5.10 Å². The Labute approximate surface area is 120 Å². The third-order valence-electron chi connectivity index (χ3n) is 3.09. The van der Waals surface area contributed by atoms with Crippen molar-refractivity contribution in [1.29, 1.82) is 0 Å². The minimum atomic E-state index is -0.531. The molecule has 110 valence electrons. The van der Waals surface area contributed by atoms with Crippen molar-refractivity contribution in [3.63, 3.8) is 0 Å². The van der Waals surface area contributed by atoms with E-state index in [2.05, 4.69) is 20.8 Å². The van der Waals surface area contributed by atoms with Gasteiger partial charge in [-0.25, -0.2) is 0 Å². The fourth-order valence-electron chi connectivity index (χ4n) is 1.96. The number of rotatable bonds is 4. The summed E-state index contributed by atoms with van der Waals surface area (Å²) in [6.07, 6.45) is 0. The van der Waals surface area contributed by atoms with Crippen molar-refractivity contribution in [1.82, 2.24) is 10.2 Å². The lowest BCUT2D eigenvalue weighted by Gasteiger charge is -2.07. The summed E-state index contributed by atoms with van der Waals surface area (Å²) < 4.78 is 0. The molecular weight excluding hydrogens is 274 g/mol. The second kappa shape index (κ2) is 5.61. The molecule has 0 saturated carbocycles. The van der Waals surface area contributed by atoms with E-state index in [1.54, 1.807) is 20.9 Å². The Morgan fingerprint density at radius 3 is 2.62 bits per heavy atom. The molecule has 8 heteroatoms. The molecule has 0 aliphatic heterocycles. The number of nitrogens with one attached hydrogen (secondary N) is 3. The van der Waals surface area contributed by atoms with Gasteiger partial charge in [-0.15, -0.1) is 0 Å². The van der Waals surface area contributed by atoms with Crippen LogP contribution in [0.2, 0.25) is 0 Å². The summed E-state index contributed by atoms with van der Waals surface area (Å²) in [5, 5.41) is 23.2. The quantitative estimate of drug-likeness (QED) is 0.590. The molecule has 21 heavy (non-hydrogen) atoms. The number of aromatic nitrogens is 2. The SMILES string of the molecule is CNc1ccc(C(=O)Nc2c(C)n[nH]c2C)cc1[N+](=O)[O-]. The van der Waals surface area contributed by atoms with E-state index in [1.807, 2.05) is 0 Å². The molecule has 0 aliphatic carbocycles. The zero-order chi connectivity index (χ0) is 15.6. The zero-order valence-electron chi connectivity index (χ0n) is 11.9. The van der Waals surface area contributed by atoms with E-state index in [0.29, 0.717) is 17.1 Å². The van der Waals surface area contributed by atoms with Crippen LogP contribution in [0.5, 0.6) is 0 Å². The highest BCUT2D eigenvalue weighted by molar-refractivity contribution is 6.05. The smallest absolute Gasteiger partial charge is 0.293 e. The second-order valence-electron chi connectivity index (χ2n) is 4.50. The standard InChI is InChI=1S/C13H15N5O3/c1-7-12(8(2)17-16-7)15-13(19)9-4-5-10(14-3)11(6-9)18(20)21/h4-6,14H,1-3H3,(H,15,19)(H,16,17). The fourth-order valence-corrected chi connectivity index (χ4v) is 1.96. The van der Waals surface area contributed by atoms with Gasteiger partial charge in [0.15, 0.2) is 0 Å². The minimum Gasteiger partial charge on any atom is -0.383 e. The Morgan fingerprint density at radius 2 is 2.10 bits per heavy atom. The van der Waals surface area contributed by atoms with E-state index >= 15 is 0 Å². The minimum absolute atomic E-state index is 0.147. The number of hydrogen-bond donors (Lipinski definition) is 3. The maximum absolute atomic E-state index is 12.2. The summed E-state index contributed by atoms with van der Waals surface area (Å²) in [4.78, 5) is 22.7. The number of amides is 1. The average Bonchev–Trinajstić information content (AvgIpc) is 2.78. The molecule has 0 spiro atoms. The highest BCUT2D eigenvalue weighted by atomic mass is 16.6. The van der Waals surface area contributed by atoms with Crippen molar-refractivity contribution in [2.45, 2.75) is 13.8 Å². The second-order valence-corrected chi connectivity index (χ2v) is 4.50. The van der Waals surface area contributed by atoms with E-state index in [4.69, 9.17) is 0 Å². The number of nitro benzene ring substituents is 1. The van der Waals surface area contributed by atoms with E-state index in [9.17, 15) is 14.9 Å². The molecule has 1 amide bonds. The highest BCUT2D eigenvalue weighted by Gasteiger charge is 2.18. The van der Waals surface area contributed by atoms with Crippen LogP contribution in [-0.4, -0.2) is 28.1 Å². The molecule has 0 aliphatic rings. The molecule has 0 radical (unpaired) electrons. The molecule has 2 aromatic rings. The Balaban J connectivity index is 2.32. The van der Waals surface area contributed by atoms with E-state index in [0.717, 1.165) is 5.69 Å². The van der Waals surface area contributed by atoms with Crippen LogP contribution >= 0.6 is 0 Å². The molecule has 2 rings (SSSR count). The summed E-state index contributed by atoms with van der Waals surface area (Å²) >= 11 is 0. The Kier molecular flexibility index (Phi) is 3.88. The maximum Gasteiger partial charge on any atom is 0.293 e. The highest BCUT2D eigenvalue weighted by Crippen LogP contribution is 2.26. The third-order valence-corrected chi connectivity index (χ3v) is 3.09. The lowest BCUT2D eigenvalue weighted by atomic mass is 10.1. The number of H-pyrrole nitrogens is 1. The monoisotopic (exact) mass is 289 g/mol. The van der Waals surface area contributed by atoms with Crippen LogP contribution in [-0.2, 0) is 0 Å². The van der Waals surface area contributed by atoms with Crippen molar-refractivity contribution < 1.29 is 9.72 Å².